The molecule has 0 radical (unpaired) electrons. The summed E-state index contributed by atoms with van der Waals surface area (Å²) in [6.07, 6.45) is 2.19. The molecular formula is C16H24F2N4. The highest BCUT2D eigenvalue weighted by molar-refractivity contribution is 5.77. The summed E-state index contributed by atoms with van der Waals surface area (Å²) < 4.78 is 24.0. The number of hydrogen-bond acceptors (Lipinski definition) is 2. The van der Waals surface area contributed by atoms with Crippen LogP contribution in [0.3, 0.4) is 0 Å². The summed E-state index contributed by atoms with van der Waals surface area (Å²) in [5.41, 5.74) is 7.97. The summed E-state index contributed by atoms with van der Waals surface area (Å²) in [6.45, 7) is 2.31. The fraction of sp³-hybridized carbons (Fsp3) is 0.562. The maximum atomic E-state index is 12.0. The Balaban J connectivity index is 1.75. The molecule has 2 rings (SSSR count). The van der Waals surface area contributed by atoms with Crippen molar-refractivity contribution < 1.29 is 8.78 Å². The van der Waals surface area contributed by atoms with Crippen molar-refractivity contribution in [1.82, 2.24) is 5.32 Å². The van der Waals surface area contributed by atoms with Crippen molar-refractivity contribution in [1.29, 1.82) is 0 Å². The van der Waals surface area contributed by atoms with Crippen LogP contribution in [0.4, 0.5) is 14.5 Å². The van der Waals surface area contributed by atoms with Crippen LogP contribution in [0, 0.1) is 0 Å². The monoisotopic (exact) mass is 310 g/mol. The lowest BCUT2D eigenvalue weighted by Gasteiger charge is -2.28. The second-order valence-corrected chi connectivity index (χ2v) is 5.51. The van der Waals surface area contributed by atoms with Crippen LogP contribution in [-0.2, 0) is 6.42 Å². The zero-order valence-electron chi connectivity index (χ0n) is 12.8. The van der Waals surface area contributed by atoms with Gasteiger partial charge in [0, 0.05) is 25.3 Å². The van der Waals surface area contributed by atoms with Gasteiger partial charge in [0.2, 0.25) is 0 Å². The number of nitrogens with one attached hydrogen (secondary N) is 1. The van der Waals surface area contributed by atoms with Crippen LogP contribution < -0.4 is 16.0 Å². The van der Waals surface area contributed by atoms with Crippen molar-refractivity contribution in [2.75, 3.05) is 31.1 Å². The summed E-state index contributed by atoms with van der Waals surface area (Å²) in [5, 5.41) is 2.85. The van der Waals surface area contributed by atoms with Gasteiger partial charge in [-0.15, -0.1) is 0 Å². The third-order valence-electron chi connectivity index (χ3n) is 3.78. The van der Waals surface area contributed by atoms with E-state index in [4.69, 9.17) is 5.73 Å². The molecule has 0 aromatic heterocycles. The molecule has 0 atom stereocenters. The number of halogens is 2. The molecule has 0 aliphatic carbocycles. The molecule has 4 nitrogen and oxygen atoms in total. The third kappa shape index (κ3) is 5.50. The van der Waals surface area contributed by atoms with Crippen molar-refractivity contribution in [3.63, 3.8) is 0 Å². The Bertz CT molecular complexity index is 468. The first-order chi connectivity index (χ1) is 10.6. The number of hydrogen-bond donors (Lipinski definition) is 2. The second-order valence-electron chi connectivity index (χ2n) is 5.51. The Kier molecular flexibility index (Phi) is 6.43. The molecule has 1 saturated heterocycles. The molecule has 0 saturated carbocycles. The summed E-state index contributed by atoms with van der Waals surface area (Å²) in [4.78, 5) is 5.97. The van der Waals surface area contributed by atoms with Crippen LogP contribution in [0.1, 0.15) is 24.8 Å². The largest absolute Gasteiger partial charge is 0.372 e. The Morgan fingerprint density at radius 3 is 2.50 bits per heavy atom. The molecule has 22 heavy (non-hydrogen) atoms. The van der Waals surface area contributed by atoms with Gasteiger partial charge in [-0.2, -0.15) is 0 Å². The number of benzene rings is 1. The molecule has 0 spiro atoms. The average molecular weight is 310 g/mol. The predicted molar refractivity (Wildman–Crippen MR) is 86.7 cm³/mol. The molecule has 1 aromatic carbocycles. The zero-order valence-corrected chi connectivity index (χ0v) is 12.8. The first-order valence-electron chi connectivity index (χ1n) is 7.81. The molecule has 0 amide bonds. The van der Waals surface area contributed by atoms with Crippen molar-refractivity contribution in [2.24, 2.45) is 10.7 Å². The van der Waals surface area contributed by atoms with Crippen LogP contribution in [0.2, 0.25) is 0 Å². The molecule has 1 aliphatic rings. The van der Waals surface area contributed by atoms with E-state index in [1.165, 1.54) is 30.5 Å². The maximum absolute atomic E-state index is 12.0. The van der Waals surface area contributed by atoms with Crippen molar-refractivity contribution in [2.45, 2.75) is 32.1 Å². The average Bonchev–Trinajstić information content (AvgIpc) is 2.54. The number of nitrogens with zero attached hydrogens (tertiary/aromatic N) is 2. The highest BCUT2D eigenvalue weighted by atomic mass is 19.3. The smallest absolute Gasteiger partial charge is 0.257 e. The highest BCUT2D eigenvalue weighted by Gasteiger charge is 2.10. The molecule has 6 heteroatoms. The van der Waals surface area contributed by atoms with E-state index in [0.29, 0.717) is 6.54 Å². The lowest BCUT2D eigenvalue weighted by Crippen LogP contribution is -2.33. The second kappa shape index (κ2) is 8.56. The van der Waals surface area contributed by atoms with Gasteiger partial charge in [-0.25, -0.2) is 13.8 Å². The lowest BCUT2D eigenvalue weighted by molar-refractivity contribution is 0.158. The lowest BCUT2D eigenvalue weighted by atomic mass is 10.1. The van der Waals surface area contributed by atoms with Gasteiger partial charge in [0.15, 0.2) is 5.96 Å². The Hall–Kier alpha value is -1.85. The first-order valence-corrected chi connectivity index (χ1v) is 7.81. The molecule has 3 N–H and O–H groups in total. The van der Waals surface area contributed by atoms with E-state index in [1.54, 1.807) is 0 Å². The molecular weight excluding hydrogens is 286 g/mol. The zero-order chi connectivity index (χ0) is 15.8. The fourth-order valence-electron chi connectivity index (χ4n) is 2.58. The predicted octanol–water partition coefficient (Wildman–Crippen LogP) is 2.39. The van der Waals surface area contributed by atoms with Crippen LogP contribution >= 0.6 is 0 Å². The number of anilines is 1. The van der Waals surface area contributed by atoms with E-state index in [1.807, 2.05) is 0 Å². The van der Waals surface area contributed by atoms with E-state index in [0.717, 1.165) is 19.5 Å². The standard InChI is InChI=1S/C16H24F2N4/c17-15(18)12-21-16(19)20-9-8-13-4-6-14(7-5-13)22-10-2-1-3-11-22/h4-7,15H,1-3,8-12H2,(H3,19,20,21). The molecule has 1 fully saturated rings. The maximum Gasteiger partial charge on any atom is 0.257 e. The molecule has 0 unspecified atom stereocenters. The third-order valence-corrected chi connectivity index (χ3v) is 3.78. The molecule has 1 aromatic rings. The number of alkyl halides is 2. The molecule has 1 aliphatic heterocycles. The van der Waals surface area contributed by atoms with Gasteiger partial charge in [0.25, 0.3) is 6.43 Å². The topological polar surface area (TPSA) is 53.6 Å². The van der Waals surface area contributed by atoms with E-state index in [9.17, 15) is 8.78 Å². The van der Waals surface area contributed by atoms with Gasteiger partial charge >= 0.3 is 0 Å². The van der Waals surface area contributed by atoms with Gasteiger partial charge in [-0.1, -0.05) is 12.1 Å². The van der Waals surface area contributed by atoms with Crippen molar-refractivity contribution in [3.05, 3.63) is 29.8 Å². The molecule has 0 bridgehead atoms. The minimum absolute atomic E-state index is 0.0743. The Morgan fingerprint density at radius 1 is 1.18 bits per heavy atom. The highest BCUT2D eigenvalue weighted by Crippen LogP contribution is 2.20. The van der Waals surface area contributed by atoms with Gasteiger partial charge in [-0.3, -0.25) is 0 Å². The number of rotatable bonds is 6. The number of nitrogens with two attached hydrogens (primary N) is 1. The Labute approximate surface area is 130 Å². The summed E-state index contributed by atoms with van der Waals surface area (Å²) >= 11 is 0. The van der Waals surface area contributed by atoms with Gasteiger partial charge in [0.05, 0.1) is 0 Å². The molecule has 122 valence electrons. The van der Waals surface area contributed by atoms with E-state index in [2.05, 4.69) is 39.5 Å². The van der Waals surface area contributed by atoms with Crippen molar-refractivity contribution in [3.8, 4) is 0 Å². The fourth-order valence-corrected chi connectivity index (χ4v) is 2.58. The van der Waals surface area contributed by atoms with Gasteiger partial charge in [0.1, 0.15) is 6.54 Å². The summed E-state index contributed by atoms with van der Waals surface area (Å²) in [5.74, 6) is 0.0743. The Morgan fingerprint density at radius 2 is 1.86 bits per heavy atom. The van der Waals surface area contributed by atoms with Crippen LogP contribution in [0.15, 0.2) is 29.3 Å². The summed E-state index contributed by atoms with van der Waals surface area (Å²) in [6, 6.07) is 8.51. The number of guanidine groups is 1. The van der Waals surface area contributed by atoms with Gasteiger partial charge < -0.3 is 16.0 Å². The SMILES string of the molecule is NC(=NCC(F)F)NCCc1ccc(N2CCCCC2)cc1. The van der Waals surface area contributed by atoms with E-state index >= 15 is 0 Å². The van der Waals surface area contributed by atoms with Crippen LogP contribution in [-0.4, -0.2) is 38.6 Å². The van der Waals surface area contributed by atoms with Gasteiger partial charge in [-0.05, 0) is 43.4 Å². The first kappa shape index (κ1) is 16.5. The minimum atomic E-state index is -2.46. The normalized spacial score (nSPS) is 16.1. The molecule has 1 heterocycles. The number of aliphatic imine (C=N–C) groups is 1. The van der Waals surface area contributed by atoms with Crippen LogP contribution in [0.5, 0.6) is 0 Å². The number of piperidine rings is 1. The summed E-state index contributed by atoms with van der Waals surface area (Å²) in [7, 11) is 0. The van der Waals surface area contributed by atoms with E-state index in [-0.39, 0.29) is 5.96 Å². The van der Waals surface area contributed by atoms with Crippen LogP contribution in [0.25, 0.3) is 0 Å². The quantitative estimate of drug-likeness (QED) is 0.626. The minimum Gasteiger partial charge on any atom is -0.372 e. The van der Waals surface area contributed by atoms with E-state index < -0.39 is 13.0 Å². The van der Waals surface area contributed by atoms with Crippen molar-refractivity contribution >= 4 is 11.6 Å².